The highest BCUT2D eigenvalue weighted by Gasteiger charge is 2.32. The van der Waals surface area contributed by atoms with E-state index in [1.54, 1.807) is 6.92 Å². The zero-order chi connectivity index (χ0) is 15.3. The lowest BCUT2D eigenvalue weighted by Crippen LogP contribution is -2.40. The van der Waals surface area contributed by atoms with Crippen molar-refractivity contribution in [3.8, 4) is 0 Å². The molecule has 21 heavy (non-hydrogen) atoms. The highest BCUT2D eigenvalue weighted by molar-refractivity contribution is 5.14. The van der Waals surface area contributed by atoms with Gasteiger partial charge in [-0.1, -0.05) is 30.3 Å². The number of likely N-dealkylation sites (tertiary alicyclic amines) is 1. The number of alkyl halides is 3. The Balaban J connectivity index is 1.69. The average Bonchev–Trinajstić information content (AvgIpc) is 2.83. The van der Waals surface area contributed by atoms with Crippen molar-refractivity contribution in [1.29, 1.82) is 0 Å². The Morgan fingerprint density at radius 1 is 1.29 bits per heavy atom. The van der Waals surface area contributed by atoms with Crippen LogP contribution >= 0.6 is 0 Å². The van der Waals surface area contributed by atoms with E-state index in [-0.39, 0.29) is 6.04 Å². The maximum Gasteiger partial charge on any atom is 0.390 e. The van der Waals surface area contributed by atoms with E-state index < -0.39 is 18.6 Å². The molecule has 2 rings (SSSR count). The van der Waals surface area contributed by atoms with Crippen LogP contribution in [-0.4, -0.2) is 42.8 Å². The molecule has 2 unspecified atom stereocenters. The molecular formula is C16H23F3N2. The van der Waals surface area contributed by atoms with Gasteiger partial charge in [0.25, 0.3) is 0 Å². The normalized spacial score (nSPS) is 21.6. The van der Waals surface area contributed by atoms with Crippen LogP contribution in [0.25, 0.3) is 0 Å². The van der Waals surface area contributed by atoms with E-state index in [1.807, 2.05) is 18.2 Å². The quantitative estimate of drug-likeness (QED) is 0.867. The fraction of sp³-hybridized carbons (Fsp3) is 0.625. The zero-order valence-corrected chi connectivity index (χ0v) is 12.4. The van der Waals surface area contributed by atoms with Gasteiger partial charge in [-0.15, -0.1) is 0 Å². The molecule has 118 valence electrons. The summed E-state index contributed by atoms with van der Waals surface area (Å²) in [7, 11) is 0. The molecule has 0 saturated carbocycles. The Labute approximate surface area is 124 Å². The molecule has 0 aliphatic carbocycles. The molecule has 2 atom stereocenters. The standard InChI is InChI=1S/C16H23F3N2/c1-13(11-16(17,18)19)20-15-8-10-21(12-15)9-7-14-5-3-2-4-6-14/h2-6,13,15,20H,7-12H2,1H3. The van der Waals surface area contributed by atoms with Crippen LogP contribution in [0, 0.1) is 0 Å². The molecule has 0 amide bonds. The molecule has 1 saturated heterocycles. The summed E-state index contributed by atoms with van der Waals surface area (Å²) in [6.45, 7) is 4.38. The first kappa shape index (κ1) is 16.3. The topological polar surface area (TPSA) is 15.3 Å². The number of hydrogen-bond acceptors (Lipinski definition) is 2. The van der Waals surface area contributed by atoms with Crippen molar-refractivity contribution in [2.24, 2.45) is 0 Å². The van der Waals surface area contributed by atoms with Gasteiger partial charge < -0.3 is 10.2 Å². The summed E-state index contributed by atoms with van der Waals surface area (Å²) >= 11 is 0. The lowest BCUT2D eigenvalue weighted by Gasteiger charge is -2.21. The molecule has 1 aliphatic rings. The van der Waals surface area contributed by atoms with E-state index in [1.165, 1.54) is 5.56 Å². The van der Waals surface area contributed by atoms with Crippen LogP contribution in [0.4, 0.5) is 13.2 Å². The van der Waals surface area contributed by atoms with Crippen LogP contribution in [0.3, 0.4) is 0 Å². The van der Waals surface area contributed by atoms with Gasteiger partial charge >= 0.3 is 6.18 Å². The summed E-state index contributed by atoms with van der Waals surface area (Å²) in [6, 6.07) is 9.95. The first-order valence-electron chi connectivity index (χ1n) is 7.51. The van der Waals surface area contributed by atoms with Crippen LogP contribution in [0.5, 0.6) is 0 Å². The molecule has 0 spiro atoms. The van der Waals surface area contributed by atoms with E-state index in [0.717, 1.165) is 32.5 Å². The van der Waals surface area contributed by atoms with E-state index in [4.69, 9.17) is 0 Å². The molecule has 1 fully saturated rings. The summed E-state index contributed by atoms with van der Waals surface area (Å²) in [5.74, 6) is 0. The van der Waals surface area contributed by atoms with Crippen molar-refractivity contribution in [3.05, 3.63) is 35.9 Å². The lowest BCUT2D eigenvalue weighted by atomic mass is 10.1. The van der Waals surface area contributed by atoms with Crippen molar-refractivity contribution < 1.29 is 13.2 Å². The second-order valence-electron chi connectivity index (χ2n) is 5.91. The highest BCUT2D eigenvalue weighted by atomic mass is 19.4. The Hall–Kier alpha value is -1.07. The number of nitrogens with zero attached hydrogens (tertiary/aromatic N) is 1. The number of nitrogens with one attached hydrogen (secondary N) is 1. The summed E-state index contributed by atoms with van der Waals surface area (Å²) < 4.78 is 36.9. The Bertz CT molecular complexity index is 419. The fourth-order valence-corrected chi connectivity index (χ4v) is 2.91. The molecule has 0 radical (unpaired) electrons. The first-order chi connectivity index (χ1) is 9.92. The number of halogens is 3. The third-order valence-electron chi connectivity index (χ3n) is 3.89. The molecule has 1 heterocycles. The van der Waals surface area contributed by atoms with E-state index in [2.05, 4.69) is 22.3 Å². The highest BCUT2D eigenvalue weighted by Crippen LogP contribution is 2.22. The molecule has 5 heteroatoms. The van der Waals surface area contributed by atoms with Crippen LogP contribution < -0.4 is 5.32 Å². The summed E-state index contributed by atoms with van der Waals surface area (Å²) in [6.07, 6.45) is -2.92. The second kappa shape index (κ2) is 7.27. The van der Waals surface area contributed by atoms with Gasteiger partial charge in [0.15, 0.2) is 0 Å². The Morgan fingerprint density at radius 3 is 2.67 bits per heavy atom. The average molecular weight is 300 g/mol. The van der Waals surface area contributed by atoms with E-state index in [0.29, 0.717) is 0 Å². The van der Waals surface area contributed by atoms with Gasteiger partial charge in [0.1, 0.15) is 0 Å². The third kappa shape index (κ3) is 6.06. The zero-order valence-electron chi connectivity index (χ0n) is 12.4. The maximum absolute atomic E-state index is 12.3. The SMILES string of the molecule is CC(CC(F)(F)F)NC1CCN(CCc2ccccc2)C1. The summed E-state index contributed by atoms with van der Waals surface area (Å²) in [5, 5.41) is 3.10. The third-order valence-corrected chi connectivity index (χ3v) is 3.89. The van der Waals surface area contributed by atoms with E-state index in [9.17, 15) is 13.2 Å². The molecule has 1 N–H and O–H groups in total. The molecule has 1 aromatic rings. The van der Waals surface area contributed by atoms with Crippen molar-refractivity contribution in [3.63, 3.8) is 0 Å². The van der Waals surface area contributed by atoms with Crippen LogP contribution in [0.2, 0.25) is 0 Å². The largest absolute Gasteiger partial charge is 0.390 e. The molecule has 1 aromatic carbocycles. The van der Waals surface area contributed by atoms with Gasteiger partial charge in [0.05, 0.1) is 6.42 Å². The predicted octanol–water partition coefficient (Wildman–Crippen LogP) is 3.23. The van der Waals surface area contributed by atoms with Crippen LogP contribution in [-0.2, 0) is 6.42 Å². The fourth-order valence-electron chi connectivity index (χ4n) is 2.91. The molecule has 0 bridgehead atoms. The minimum atomic E-state index is -4.09. The van der Waals surface area contributed by atoms with E-state index >= 15 is 0 Å². The second-order valence-corrected chi connectivity index (χ2v) is 5.91. The molecular weight excluding hydrogens is 277 g/mol. The maximum atomic E-state index is 12.3. The summed E-state index contributed by atoms with van der Waals surface area (Å²) in [4.78, 5) is 2.32. The van der Waals surface area contributed by atoms with Gasteiger partial charge in [-0.05, 0) is 31.9 Å². The first-order valence-corrected chi connectivity index (χ1v) is 7.51. The van der Waals surface area contributed by atoms with Crippen molar-refractivity contribution >= 4 is 0 Å². The Morgan fingerprint density at radius 2 is 2.00 bits per heavy atom. The minimum Gasteiger partial charge on any atom is -0.310 e. The predicted molar refractivity (Wildman–Crippen MR) is 78.3 cm³/mol. The molecule has 1 aliphatic heterocycles. The molecule has 2 nitrogen and oxygen atoms in total. The Kier molecular flexibility index (Phi) is 5.65. The minimum absolute atomic E-state index is 0.179. The number of rotatable bonds is 6. The van der Waals surface area contributed by atoms with Gasteiger partial charge in [0, 0.05) is 25.2 Å². The van der Waals surface area contributed by atoms with Crippen molar-refractivity contribution in [1.82, 2.24) is 10.2 Å². The molecule has 0 aromatic heterocycles. The smallest absolute Gasteiger partial charge is 0.310 e. The van der Waals surface area contributed by atoms with Gasteiger partial charge in [0.2, 0.25) is 0 Å². The van der Waals surface area contributed by atoms with Crippen LogP contribution in [0.1, 0.15) is 25.3 Å². The van der Waals surface area contributed by atoms with Crippen LogP contribution in [0.15, 0.2) is 30.3 Å². The number of hydrogen-bond donors (Lipinski definition) is 1. The van der Waals surface area contributed by atoms with Crippen molar-refractivity contribution in [2.45, 2.75) is 44.4 Å². The van der Waals surface area contributed by atoms with Gasteiger partial charge in [-0.2, -0.15) is 13.2 Å². The van der Waals surface area contributed by atoms with Crippen molar-refractivity contribution in [2.75, 3.05) is 19.6 Å². The monoisotopic (exact) mass is 300 g/mol. The lowest BCUT2D eigenvalue weighted by molar-refractivity contribution is -0.139. The van der Waals surface area contributed by atoms with Gasteiger partial charge in [-0.3, -0.25) is 0 Å². The van der Waals surface area contributed by atoms with Gasteiger partial charge in [-0.25, -0.2) is 0 Å². The summed E-state index contributed by atoms with van der Waals surface area (Å²) in [5.41, 5.74) is 1.30. The number of benzene rings is 1.